The summed E-state index contributed by atoms with van der Waals surface area (Å²) in [5.74, 6) is 1.39. The number of carbonyl (C=O) groups is 2. The highest BCUT2D eigenvalue weighted by molar-refractivity contribution is 6.40. The van der Waals surface area contributed by atoms with Crippen molar-refractivity contribution in [3.8, 4) is 0 Å². The normalized spacial score (nSPS) is 36.4. The van der Waals surface area contributed by atoms with Crippen LogP contribution in [0.3, 0.4) is 0 Å². The average Bonchev–Trinajstić information content (AvgIpc) is 2.97. The lowest BCUT2D eigenvalue weighted by atomic mass is 9.75. The van der Waals surface area contributed by atoms with Crippen LogP contribution < -0.4 is 0 Å². The first-order chi connectivity index (χ1) is 10.4. The highest BCUT2D eigenvalue weighted by atomic mass is 16.5. The Kier molecular flexibility index (Phi) is 3.84. The van der Waals surface area contributed by atoms with E-state index in [-0.39, 0.29) is 6.10 Å². The number of ether oxygens (including phenoxy) is 1. The van der Waals surface area contributed by atoms with Crippen LogP contribution >= 0.6 is 0 Å². The molecule has 0 aliphatic heterocycles. The van der Waals surface area contributed by atoms with E-state index in [4.69, 9.17) is 4.74 Å². The summed E-state index contributed by atoms with van der Waals surface area (Å²) in [7, 11) is 0. The number of carbonyl (C=O) groups excluding carboxylic acids is 2. The molecule has 22 heavy (non-hydrogen) atoms. The first-order valence-electron chi connectivity index (χ1n) is 8.22. The van der Waals surface area contributed by atoms with Gasteiger partial charge in [0.1, 0.15) is 6.10 Å². The van der Waals surface area contributed by atoms with Crippen molar-refractivity contribution in [3.63, 3.8) is 0 Å². The van der Waals surface area contributed by atoms with Crippen LogP contribution in [-0.2, 0) is 9.53 Å². The second-order valence-electron chi connectivity index (χ2n) is 7.21. The van der Waals surface area contributed by atoms with Crippen LogP contribution in [0.4, 0.5) is 0 Å². The van der Waals surface area contributed by atoms with E-state index < -0.39 is 11.8 Å². The Balaban J connectivity index is 1.70. The fourth-order valence-corrected chi connectivity index (χ4v) is 4.48. The van der Waals surface area contributed by atoms with Crippen LogP contribution in [0.5, 0.6) is 0 Å². The van der Waals surface area contributed by atoms with Crippen molar-refractivity contribution in [3.05, 3.63) is 35.4 Å². The third-order valence-electron chi connectivity index (χ3n) is 6.08. The van der Waals surface area contributed by atoms with Crippen molar-refractivity contribution in [2.24, 2.45) is 29.6 Å². The topological polar surface area (TPSA) is 43.4 Å². The number of fused-ring (bicyclic) bond motifs is 2. The standard InChI is InChI=1S/C19H24O3/c1-10-5-7-14(8-6-10)17(20)19(21)22-18-13(4)15-9-16(18)12(3)11(15)2/h5-8,11-13,15-16,18H,9H2,1-4H3. The van der Waals surface area contributed by atoms with Gasteiger partial charge in [-0.1, -0.05) is 50.6 Å². The fraction of sp³-hybridized carbons (Fsp3) is 0.579. The lowest BCUT2D eigenvalue weighted by molar-refractivity contribution is -0.150. The van der Waals surface area contributed by atoms with Crippen LogP contribution in [0.25, 0.3) is 0 Å². The van der Waals surface area contributed by atoms with Crippen molar-refractivity contribution < 1.29 is 14.3 Å². The number of esters is 1. The van der Waals surface area contributed by atoms with Gasteiger partial charge in [-0.15, -0.1) is 0 Å². The zero-order valence-electron chi connectivity index (χ0n) is 13.7. The van der Waals surface area contributed by atoms with Crippen molar-refractivity contribution in [2.75, 3.05) is 0 Å². The summed E-state index contributed by atoms with van der Waals surface area (Å²) in [6.45, 7) is 8.64. The van der Waals surface area contributed by atoms with E-state index in [0.717, 1.165) is 12.0 Å². The van der Waals surface area contributed by atoms with Crippen molar-refractivity contribution in [2.45, 2.75) is 40.2 Å². The first-order valence-corrected chi connectivity index (χ1v) is 8.22. The molecule has 6 unspecified atom stereocenters. The van der Waals surface area contributed by atoms with E-state index >= 15 is 0 Å². The molecule has 6 atom stereocenters. The van der Waals surface area contributed by atoms with Crippen LogP contribution in [-0.4, -0.2) is 17.9 Å². The molecule has 0 N–H and O–H groups in total. The molecule has 0 spiro atoms. The van der Waals surface area contributed by atoms with Gasteiger partial charge in [0.2, 0.25) is 0 Å². The minimum atomic E-state index is -0.701. The molecule has 1 aromatic rings. The largest absolute Gasteiger partial charge is 0.456 e. The Hall–Kier alpha value is -1.64. The van der Waals surface area contributed by atoms with Gasteiger partial charge in [0, 0.05) is 5.56 Å². The molecule has 0 saturated heterocycles. The molecule has 2 fully saturated rings. The molecule has 2 saturated carbocycles. The number of rotatable bonds is 3. The molecule has 0 aromatic heterocycles. The molecule has 3 rings (SSSR count). The van der Waals surface area contributed by atoms with Crippen molar-refractivity contribution >= 4 is 11.8 Å². The lowest BCUT2D eigenvalue weighted by Gasteiger charge is -2.36. The molecular formula is C19H24O3. The summed E-state index contributed by atoms with van der Waals surface area (Å²) in [5.41, 5.74) is 1.47. The summed E-state index contributed by atoms with van der Waals surface area (Å²) in [6.07, 6.45) is 1.03. The van der Waals surface area contributed by atoms with Gasteiger partial charge in [0.25, 0.3) is 5.78 Å². The Morgan fingerprint density at radius 2 is 1.55 bits per heavy atom. The van der Waals surface area contributed by atoms with E-state index in [1.54, 1.807) is 12.1 Å². The summed E-state index contributed by atoms with van der Waals surface area (Å²) in [5, 5.41) is 0. The van der Waals surface area contributed by atoms with Crippen LogP contribution in [0, 0.1) is 36.5 Å². The molecule has 3 heteroatoms. The van der Waals surface area contributed by atoms with Crippen LogP contribution in [0.2, 0.25) is 0 Å². The molecule has 2 bridgehead atoms. The quantitative estimate of drug-likeness (QED) is 0.486. The average molecular weight is 300 g/mol. The predicted molar refractivity (Wildman–Crippen MR) is 84.5 cm³/mol. The second kappa shape index (κ2) is 5.53. The minimum absolute atomic E-state index is 0.0990. The maximum Gasteiger partial charge on any atom is 0.379 e. The Morgan fingerprint density at radius 3 is 2.14 bits per heavy atom. The molecule has 0 amide bonds. The highest BCUT2D eigenvalue weighted by Gasteiger charge is 2.55. The van der Waals surface area contributed by atoms with E-state index in [2.05, 4.69) is 20.8 Å². The number of hydrogen-bond donors (Lipinski definition) is 0. The zero-order chi connectivity index (χ0) is 16.0. The summed E-state index contributed by atoms with van der Waals surface area (Å²) < 4.78 is 5.63. The number of aryl methyl sites for hydroxylation is 1. The van der Waals surface area contributed by atoms with Gasteiger partial charge in [-0.05, 0) is 42.9 Å². The molecule has 3 nitrogen and oxygen atoms in total. The smallest absolute Gasteiger partial charge is 0.379 e. The number of Topliss-reactive ketones (excluding diaryl/α,β-unsaturated/α-hetero) is 1. The molecule has 118 valence electrons. The maximum absolute atomic E-state index is 12.2. The number of hydrogen-bond acceptors (Lipinski definition) is 3. The Morgan fingerprint density at radius 1 is 0.955 bits per heavy atom. The molecule has 0 heterocycles. The molecule has 2 aliphatic carbocycles. The van der Waals surface area contributed by atoms with Gasteiger partial charge < -0.3 is 4.74 Å². The van der Waals surface area contributed by atoms with Crippen molar-refractivity contribution in [1.82, 2.24) is 0 Å². The Bertz CT molecular complexity index is 589. The van der Waals surface area contributed by atoms with Gasteiger partial charge in [-0.3, -0.25) is 4.79 Å². The third kappa shape index (κ3) is 2.37. The van der Waals surface area contributed by atoms with Gasteiger partial charge in [0.15, 0.2) is 0 Å². The molecule has 1 aromatic carbocycles. The van der Waals surface area contributed by atoms with Gasteiger partial charge in [-0.2, -0.15) is 0 Å². The minimum Gasteiger partial charge on any atom is -0.456 e. The third-order valence-corrected chi connectivity index (χ3v) is 6.08. The van der Waals surface area contributed by atoms with Crippen LogP contribution in [0.1, 0.15) is 43.1 Å². The summed E-state index contributed by atoms with van der Waals surface area (Å²) in [4.78, 5) is 24.5. The van der Waals surface area contributed by atoms with E-state index in [0.29, 0.717) is 35.2 Å². The maximum atomic E-state index is 12.2. The monoisotopic (exact) mass is 300 g/mol. The second-order valence-corrected chi connectivity index (χ2v) is 7.21. The molecule has 0 radical (unpaired) electrons. The molecular weight excluding hydrogens is 276 g/mol. The summed E-state index contributed by atoms with van der Waals surface area (Å²) >= 11 is 0. The van der Waals surface area contributed by atoms with Crippen molar-refractivity contribution in [1.29, 1.82) is 0 Å². The predicted octanol–water partition coefficient (Wildman–Crippen LogP) is 3.65. The van der Waals surface area contributed by atoms with E-state index in [1.807, 2.05) is 19.1 Å². The number of benzene rings is 1. The zero-order valence-corrected chi connectivity index (χ0v) is 13.7. The van der Waals surface area contributed by atoms with Gasteiger partial charge >= 0.3 is 5.97 Å². The van der Waals surface area contributed by atoms with E-state index in [1.165, 1.54) is 0 Å². The first kappa shape index (κ1) is 15.3. The summed E-state index contributed by atoms with van der Waals surface area (Å²) in [6, 6.07) is 7.05. The van der Waals surface area contributed by atoms with E-state index in [9.17, 15) is 9.59 Å². The van der Waals surface area contributed by atoms with Crippen LogP contribution in [0.15, 0.2) is 24.3 Å². The lowest BCUT2D eigenvalue weighted by Crippen LogP contribution is -2.39. The highest BCUT2D eigenvalue weighted by Crippen LogP contribution is 2.55. The Labute approximate surface area is 132 Å². The fourth-order valence-electron chi connectivity index (χ4n) is 4.48. The number of ketones is 1. The SMILES string of the molecule is Cc1ccc(C(=O)C(=O)OC2C(C)C3CC2C(C)C3C)cc1. The van der Waals surface area contributed by atoms with Gasteiger partial charge in [-0.25, -0.2) is 4.79 Å². The molecule has 2 aliphatic rings. The van der Waals surface area contributed by atoms with Gasteiger partial charge in [0.05, 0.1) is 0 Å².